The number of nitrogens with one attached hydrogen (secondary N) is 1. The number of hydrogen-bond acceptors (Lipinski definition) is 4. The molecule has 2 heterocycles. The Kier molecular flexibility index (Phi) is 4.90. The van der Waals surface area contributed by atoms with Gasteiger partial charge in [-0.15, -0.1) is 0 Å². The van der Waals surface area contributed by atoms with Gasteiger partial charge in [0.25, 0.3) is 5.91 Å². The maximum absolute atomic E-state index is 13.1. The first-order valence-corrected chi connectivity index (χ1v) is 12.1. The van der Waals surface area contributed by atoms with Crippen LogP contribution < -0.4 is 10.1 Å². The van der Waals surface area contributed by atoms with E-state index in [0.717, 1.165) is 35.6 Å². The first-order chi connectivity index (χ1) is 16.5. The summed E-state index contributed by atoms with van der Waals surface area (Å²) in [4.78, 5) is 29.8. The molecule has 0 bridgehead atoms. The molecular weight excluding hydrogens is 430 g/mol. The number of fused-ring (bicyclic) bond motifs is 3. The molecule has 0 spiro atoms. The third kappa shape index (κ3) is 3.73. The van der Waals surface area contributed by atoms with Gasteiger partial charge in [-0.3, -0.25) is 14.0 Å². The Morgan fingerprint density at radius 3 is 2.76 bits per heavy atom. The zero-order chi connectivity index (χ0) is 23.4. The number of carboxylic acid groups (broad SMARTS) is 1. The highest BCUT2D eigenvalue weighted by Gasteiger charge is 2.63. The largest absolute Gasteiger partial charge is 0.497 e. The number of aromatic nitrogens is 2. The van der Waals surface area contributed by atoms with Crippen molar-refractivity contribution in [3.05, 3.63) is 65.6 Å². The maximum atomic E-state index is 13.1. The molecular formula is C27H29N3O4. The summed E-state index contributed by atoms with van der Waals surface area (Å²) in [7, 11) is 1.60. The second-order valence-corrected chi connectivity index (χ2v) is 10.4. The van der Waals surface area contributed by atoms with Crippen LogP contribution in [0.15, 0.2) is 48.7 Å². The van der Waals surface area contributed by atoms with Crippen molar-refractivity contribution in [1.82, 2.24) is 14.7 Å². The summed E-state index contributed by atoms with van der Waals surface area (Å²) >= 11 is 0. The third-order valence-corrected chi connectivity index (χ3v) is 8.28. The fourth-order valence-electron chi connectivity index (χ4n) is 6.09. The van der Waals surface area contributed by atoms with Gasteiger partial charge >= 0.3 is 5.97 Å². The number of pyridine rings is 1. The molecule has 7 heteroatoms. The molecule has 0 radical (unpaired) electrons. The predicted octanol–water partition coefficient (Wildman–Crippen LogP) is 3.92. The molecule has 5 atom stereocenters. The van der Waals surface area contributed by atoms with E-state index in [0.29, 0.717) is 28.9 Å². The monoisotopic (exact) mass is 459 g/mol. The van der Waals surface area contributed by atoms with Gasteiger partial charge < -0.3 is 15.2 Å². The number of rotatable bonds is 8. The lowest BCUT2D eigenvalue weighted by atomic mass is 9.88. The van der Waals surface area contributed by atoms with Crippen molar-refractivity contribution in [2.75, 3.05) is 13.7 Å². The molecule has 2 N–H and O–H groups in total. The summed E-state index contributed by atoms with van der Waals surface area (Å²) in [6.07, 6.45) is 7.21. The standard InChI is InChI=1S/C27H29N3O4/c1-34-20-7-5-16(6-8-20)9-21(26(32)33)22-14-30-23(3-2-4-24(30)29-22)25(31)28-15-27-12-18-10-17(18)11-19(27)13-27/h2-8,14,17-19,21H,9-13,15H2,1H3,(H,28,31)(H,32,33). The van der Waals surface area contributed by atoms with E-state index in [4.69, 9.17) is 4.74 Å². The van der Waals surface area contributed by atoms with Crippen LogP contribution in [-0.2, 0) is 11.2 Å². The van der Waals surface area contributed by atoms with Crippen LogP contribution in [0.4, 0.5) is 0 Å². The lowest BCUT2D eigenvalue weighted by Crippen LogP contribution is -2.33. The van der Waals surface area contributed by atoms with Crippen molar-refractivity contribution in [3.8, 4) is 5.75 Å². The van der Waals surface area contributed by atoms with E-state index < -0.39 is 11.9 Å². The van der Waals surface area contributed by atoms with Gasteiger partial charge in [0.15, 0.2) is 0 Å². The molecule has 34 heavy (non-hydrogen) atoms. The van der Waals surface area contributed by atoms with Crippen molar-refractivity contribution in [2.45, 2.75) is 38.0 Å². The highest BCUT2D eigenvalue weighted by Crippen LogP contribution is 2.70. The number of nitrogens with zero attached hydrogens (tertiary/aromatic N) is 2. The van der Waals surface area contributed by atoms with Crippen LogP contribution in [0.5, 0.6) is 5.75 Å². The molecule has 1 aromatic carbocycles. The van der Waals surface area contributed by atoms with Crippen molar-refractivity contribution in [3.63, 3.8) is 0 Å². The number of carboxylic acids is 1. The van der Waals surface area contributed by atoms with Crippen molar-refractivity contribution >= 4 is 17.5 Å². The molecule has 3 fully saturated rings. The van der Waals surface area contributed by atoms with E-state index >= 15 is 0 Å². The molecule has 3 saturated carbocycles. The zero-order valence-corrected chi connectivity index (χ0v) is 19.2. The van der Waals surface area contributed by atoms with Gasteiger partial charge in [-0.05, 0) is 85.1 Å². The third-order valence-electron chi connectivity index (χ3n) is 8.28. The van der Waals surface area contributed by atoms with Crippen LogP contribution in [0.3, 0.4) is 0 Å². The number of imidazole rings is 1. The van der Waals surface area contributed by atoms with Gasteiger partial charge in [0.1, 0.15) is 23.0 Å². The van der Waals surface area contributed by atoms with Gasteiger partial charge in [0.05, 0.1) is 12.8 Å². The van der Waals surface area contributed by atoms with Crippen molar-refractivity contribution in [1.29, 1.82) is 0 Å². The first-order valence-electron chi connectivity index (χ1n) is 12.1. The van der Waals surface area contributed by atoms with E-state index in [1.165, 1.54) is 25.7 Å². The number of methoxy groups -OCH3 is 1. The second-order valence-electron chi connectivity index (χ2n) is 10.4. The van der Waals surface area contributed by atoms with E-state index in [-0.39, 0.29) is 5.91 Å². The quantitative estimate of drug-likeness (QED) is 0.533. The highest BCUT2D eigenvalue weighted by atomic mass is 16.5. The van der Waals surface area contributed by atoms with E-state index in [1.807, 2.05) is 24.3 Å². The number of carbonyl (C=O) groups is 2. The van der Waals surface area contributed by atoms with Crippen LogP contribution in [0.1, 0.15) is 53.3 Å². The van der Waals surface area contributed by atoms with Gasteiger partial charge in [0.2, 0.25) is 0 Å². The lowest BCUT2D eigenvalue weighted by Gasteiger charge is -2.22. The summed E-state index contributed by atoms with van der Waals surface area (Å²) in [5.41, 5.74) is 2.69. The molecule has 0 saturated heterocycles. The van der Waals surface area contributed by atoms with Gasteiger partial charge in [-0.1, -0.05) is 18.2 Å². The zero-order valence-electron chi connectivity index (χ0n) is 19.2. The molecule has 7 nitrogen and oxygen atoms in total. The predicted molar refractivity (Wildman–Crippen MR) is 126 cm³/mol. The Hall–Kier alpha value is -3.35. The van der Waals surface area contributed by atoms with Crippen LogP contribution in [0, 0.1) is 23.2 Å². The minimum absolute atomic E-state index is 0.130. The Labute approximate surface area is 198 Å². The fourth-order valence-corrected chi connectivity index (χ4v) is 6.09. The topological polar surface area (TPSA) is 92.9 Å². The maximum Gasteiger partial charge on any atom is 0.312 e. The number of carbonyl (C=O) groups excluding carboxylic acids is 1. The molecule has 3 aliphatic carbocycles. The van der Waals surface area contributed by atoms with Crippen LogP contribution >= 0.6 is 0 Å². The average molecular weight is 460 g/mol. The second kappa shape index (κ2) is 7.86. The summed E-state index contributed by atoms with van der Waals surface area (Å²) in [6.45, 7) is 0.729. The summed E-state index contributed by atoms with van der Waals surface area (Å²) in [5.74, 6) is 1.45. The Bertz CT molecular complexity index is 1270. The summed E-state index contributed by atoms with van der Waals surface area (Å²) in [5, 5.41) is 13.1. The molecule has 0 aliphatic heterocycles. The molecule has 1 amide bonds. The van der Waals surface area contributed by atoms with Gasteiger partial charge in [0, 0.05) is 12.7 Å². The fraction of sp³-hybridized carbons (Fsp3) is 0.444. The number of benzene rings is 1. The van der Waals surface area contributed by atoms with E-state index in [2.05, 4.69) is 10.3 Å². The smallest absolute Gasteiger partial charge is 0.312 e. The Morgan fingerprint density at radius 1 is 1.18 bits per heavy atom. The first kappa shape index (κ1) is 21.2. The van der Waals surface area contributed by atoms with Crippen molar-refractivity contribution in [2.24, 2.45) is 23.2 Å². The molecule has 2 aromatic heterocycles. The van der Waals surface area contributed by atoms with Crippen LogP contribution in [0.2, 0.25) is 0 Å². The van der Waals surface area contributed by atoms with Crippen LogP contribution in [-0.4, -0.2) is 40.0 Å². The number of amides is 1. The molecule has 6 rings (SSSR count). The SMILES string of the molecule is COc1ccc(CC(C(=O)O)c2cn3c(C(=O)NCC45CC6CC6CC4C5)cccc3n2)cc1. The summed E-state index contributed by atoms with van der Waals surface area (Å²) in [6, 6.07) is 12.7. The molecule has 5 unspecified atom stereocenters. The average Bonchev–Trinajstić information content (AvgIpc) is 3.70. The number of hydrogen-bond donors (Lipinski definition) is 2. The normalized spacial score (nSPS) is 27.4. The molecule has 3 aromatic rings. The van der Waals surface area contributed by atoms with E-state index in [1.54, 1.807) is 35.9 Å². The van der Waals surface area contributed by atoms with Gasteiger partial charge in [-0.2, -0.15) is 0 Å². The minimum Gasteiger partial charge on any atom is -0.497 e. The van der Waals surface area contributed by atoms with E-state index in [9.17, 15) is 14.7 Å². The van der Waals surface area contributed by atoms with Crippen LogP contribution in [0.25, 0.3) is 5.65 Å². The van der Waals surface area contributed by atoms with Gasteiger partial charge in [-0.25, -0.2) is 4.98 Å². The number of ether oxygens (including phenoxy) is 1. The Morgan fingerprint density at radius 2 is 2.00 bits per heavy atom. The Balaban J connectivity index is 1.21. The van der Waals surface area contributed by atoms with Crippen molar-refractivity contribution < 1.29 is 19.4 Å². The lowest BCUT2D eigenvalue weighted by molar-refractivity contribution is -0.138. The number of aliphatic carboxylic acids is 1. The minimum atomic E-state index is -0.945. The highest BCUT2D eigenvalue weighted by molar-refractivity contribution is 5.93. The molecule has 176 valence electrons. The molecule has 3 aliphatic rings. The summed E-state index contributed by atoms with van der Waals surface area (Å²) < 4.78 is 6.90.